The molecule has 0 aliphatic rings. The van der Waals surface area contributed by atoms with Crippen molar-refractivity contribution in [2.45, 2.75) is 20.4 Å². The summed E-state index contributed by atoms with van der Waals surface area (Å²) in [7, 11) is 0. The van der Waals surface area contributed by atoms with Crippen LogP contribution in [-0.2, 0) is 6.54 Å². The maximum atomic E-state index is 5.70. The van der Waals surface area contributed by atoms with E-state index >= 15 is 0 Å². The summed E-state index contributed by atoms with van der Waals surface area (Å²) in [6, 6.07) is 10.6. The Hall–Kier alpha value is -0.900. The zero-order valence-corrected chi connectivity index (χ0v) is 11.8. The summed E-state index contributed by atoms with van der Waals surface area (Å²) < 4.78 is 0. The second-order valence-electron chi connectivity index (χ2n) is 4.58. The van der Waals surface area contributed by atoms with Crippen LogP contribution >= 0.6 is 0 Å². The highest BCUT2D eigenvalue weighted by Crippen LogP contribution is 2.04. The Morgan fingerprint density at radius 2 is 1.50 bits per heavy atom. The van der Waals surface area contributed by atoms with E-state index < -0.39 is 0 Å². The second-order valence-corrected chi connectivity index (χ2v) is 4.58. The minimum atomic E-state index is 0.727. The lowest BCUT2D eigenvalue weighted by molar-refractivity contribution is 0.212. The highest BCUT2D eigenvalue weighted by molar-refractivity contribution is 5.14. The van der Waals surface area contributed by atoms with Crippen LogP contribution in [-0.4, -0.2) is 49.1 Å². The van der Waals surface area contributed by atoms with Gasteiger partial charge >= 0.3 is 0 Å². The topological polar surface area (TPSA) is 32.5 Å². The summed E-state index contributed by atoms with van der Waals surface area (Å²) in [6.07, 6.45) is 0. The lowest BCUT2D eigenvalue weighted by Crippen LogP contribution is -2.37. The summed E-state index contributed by atoms with van der Waals surface area (Å²) in [5.41, 5.74) is 7.07. The van der Waals surface area contributed by atoms with Crippen molar-refractivity contribution >= 4 is 0 Å². The first kappa shape index (κ1) is 15.2. The first-order valence-corrected chi connectivity index (χ1v) is 6.98. The Morgan fingerprint density at radius 3 is 2.06 bits per heavy atom. The molecule has 0 aliphatic heterocycles. The van der Waals surface area contributed by atoms with Crippen LogP contribution in [0.1, 0.15) is 19.4 Å². The molecule has 0 fully saturated rings. The van der Waals surface area contributed by atoms with Crippen LogP contribution in [0.25, 0.3) is 0 Å². The third-order valence-corrected chi connectivity index (χ3v) is 3.32. The molecule has 1 rings (SSSR count). The van der Waals surface area contributed by atoms with Crippen LogP contribution < -0.4 is 5.73 Å². The van der Waals surface area contributed by atoms with Gasteiger partial charge in [-0.2, -0.15) is 0 Å². The normalized spacial score (nSPS) is 11.4. The van der Waals surface area contributed by atoms with Crippen molar-refractivity contribution in [3.63, 3.8) is 0 Å². The van der Waals surface area contributed by atoms with Gasteiger partial charge in [0.25, 0.3) is 0 Å². The smallest absolute Gasteiger partial charge is 0.0234 e. The monoisotopic (exact) mass is 249 g/mol. The van der Waals surface area contributed by atoms with Gasteiger partial charge in [0.15, 0.2) is 0 Å². The fourth-order valence-electron chi connectivity index (χ4n) is 2.12. The average molecular weight is 249 g/mol. The van der Waals surface area contributed by atoms with E-state index in [1.54, 1.807) is 0 Å². The average Bonchev–Trinajstić information content (AvgIpc) is 2.41. The van der Waals surface area contributed by atoms with Gasteiger partial charge in [0.1, 0.15) is 0 Å². The maximum absolute atomic E-state index is 5.70. The van der Waals surface area contributed by atoms with Crippen LogP contribution in [0, 0.1) is 0 Å². The van der Waals surface area contributed by atoms with Gasteiger partial charge in [-0.15, -0.1) is 0 Å². The standard InChI is InChI=1S/C15H27N3/c1-3-17(4-2)12-13-18(11-10-16)14-15-8-6-5-7-9-15/h5-9H,3-4,10-14,16H2,1-2H3. The molecule has 3 nitrogen and oxygen atoms in total. The number of likely N-dealkylation sites (N-methyl/N-ethyl adjacent to an activating group) is 1. The number of nitrogens with zero attached hydrogens (tertiary/aromatic N) is 2. The van der Waals surface area contributed by atoms with Crippen molar-refractivity contribution in [2.24, 2.45) is 5.73 Å². The molecule has 0 radical (unpaired) electrons. The van der Waals surface area contributed by atoms with Crippen LogP contribution in [0.2, 0.25) is 0 Å². The molecule has 0 saturated heterocycles. The largest absolute Gasteiger partial charge is 0.329 e. The zero-order valence-electron chi connectivity index (χ0n) is 11.8. The van der Waals surface area contributed by atoms with Crippen molar-refractivity contribution in [3.05, 3.63) is 35.9 Å². The predicted molar refractivity (Wildman–Crippen MR) is 78.6 cm³/mol. The number of nitrogens with two attached hydrogens (primary N) is 1. The third-order valence-electron chi connectivity index (χ3n) is 3.32. The molecule has 3 heteroatoms. The first-order valence-electron chi connectivity index (χ1n) is 6.98. The molecule has 0 spiro atoms. The summed E-state index contributed by atoms with van der Waals surface area (Å²) in [6.45, 7) is 11.6. The number of hydrogen-bond donors (Lipinski definition) is 1. The molecule has 102 valence electrons. The highest BCUT2D eigenvalue weighted by atomic mass is 15.2. The molecule has 0 atom stereocenters. The van der Waals surface area contributed by atoms with Gasteiger partial charge in [0, 0.05) is 32.7 Å². The molecule has 2 N–H and O–H groups in total. The molecule has 0 saturated carbocycles. The van der Waals surface area contributed by atoms with E-state index in [1.165, 1.54) is 5.56 Å². The first-order chi connectivity index (χ1) is 8.80. The van der Waals surface area contributed by atoms with Gasteiger partial charge in [-0.25, -0.2) is 0 Å². The lowest BCUT2D eigenvalue weighted by atomic mass is 10.2. The Kier molecular flexibility index (Phi) is 7.65. The number of hydrogen-bond acceptors (Lipinski definition) is 3. The molecule has 18 heavy (non-hydrogen) atoms. The molecule has 0 unspecified atom stereocenters. The van der Waals surface area contributed by atoms with Gasteiger partial charge in [-0.3, -0.25) is 4.90 Å². The van der Waals surface area contributed by atoms with Crippen molar-refractivity contribution in [3.8, 4) is 0 Å². The van der Waals surface area contributed by atoms with Gasteiger partial charge in [-0.05, 0) is 18.7 Å². The van der Waals surface area contributed by atoms with Crippen LogP contribution in [0.4, 0.5) is 0 Å². The fourth-order valence-corrected chi connectivity index (χ4v) is 2.12. The SMILES string of the molecule is CCN(CC)CCN(CCN)Cc1ccccc1. The van der Waals surface area contributed by atoms with E-state index in [9.17, 15) is 0 Å². The van der Waals surface area contributed by atoms with Crippen LogP contribution in [0.3, 0.4) is 0 Å². The maximum Gasteiger partial charge on any atom is 0.0234 e. The molecule has 0 aromatic heterocycles. The summed E-state index contributed by atoms with van der Waals surface area (Å²) in [5.74, 6) is 0. The molecule has 0 bridgehead atoms. The summed E-state index contributed by atoms with van der Waals surface area (Å²) in [4.78, 5) is 4.89. The summed E-state index contributed by atoms with van der Waals surface area (Å²) in [5, 5.41) is 0. The van der Waals surface area contributed by atoms with Gasteiger partial charge in [0.05, 0.1) is 0 Å². The van der Waals surface area contributed by atoms with E-state index in [2.05, 4.69) is 54.0 Å². The quantitative estimate of drug-likeness (QED) is 0.724. The predicted octanol–water partition coefficient (Wildman–Crippen LogP) is 1.79. The zero-order chi connectivity index (χ0) is 13.2. The molecular weight excluding hydrogens is 222 g/mol. The van der Waals surface area contributed by atoms with Gasteiger partial charge in [0.2, 0.25) is 0 Å². The third kappa shape index (κ3) is 5.63. The second kappa shape index (κ2) is 9.09. The Bertz CT molecular complexity index is 296. The minimum Gasteiger partial charge on any atom is -0.329 e. The summed E-state index contributed by atoms with van der Waals surface area (Å²) >= 11 is 0. The Balaban J connectivity index is 2.44. The number of rotatable bonds is 9. The van der Waals surface area contributed by atoms with E-state index in [1.807, 2.05) is 0 Å². The van der Waals surface area contributed by atoms with E-state index in [4.69, 9.17) is 5.73 Å². The van der Waals surface area contributed by atoms with E-state index in [0.717, 1.165) is 45.8 Å². The molecule has 0 aliphatic carbocycles. The lowest BCUT2D eigenvalue weighted by Gasteiger charge is -2.26. The number of benzene rings is 1. The molecule has 1 aromatic carbocycles. The molecular formula is C15H27N3. The Morgan fingerprint density at radius 1 is 0.889 bits per heavy atom. The van der Waals surface area contributed by atoms with E-state index in [-0.39, 0.29) is 0 Å². The van der Waals surface area contributed by atoms with Crippen molar-refractivity contribution < 1.29 is 0 Å². The molecule has 0 heterocycles. The minimum absolute atomic E-state index is 0.727. The van der Waals surface area contributed by atoms with Crippen molar-refractivity contribution in [1.82, 2.24) is 9.80 Å². The van der Waals surface area contributed by atoms with Crippen LogP contribution in [0.15, 0.2) is 30.3 Å². The molecule has 1 aromatic rings. The van der Waals surface area contributed by atoms with Gasteiger partial charge in [-0.1, -0.05) is 44.2 Å². The van der Waals surface area contributed by atoms with Crippen molar-refractivity contribution in [2.75, 3.05) is 39.3 Å². The fraction of sp³-hybridized carbons (Fsp3) is 0.600. The molecule has 0 amide bonds. The van der Waals surface area contributed by atoms with Gasteiger partial charge < -0.3 is 10.6 Å². The van der Waals surface area contributed by atoms with Crippen molar-refractivity contribution in [1.29, 1.82) is 0 Å². The highest BCUT2D eigenvalue weighted by Gasteiger charge is 2.07. The van der Waals surface area contributed by atoms with Crippen LogP contribution in [0.5, 0.6) is 0 Å². The van der Waals surface area contributed by atoms with E-state index in [0.29, 0.717) is 0 Å². The Labute approximate surface area is 112 Å².